The molecule has 0 saturated heterocycles. The molecule has 0 bridgehead atoms. The van der Waals surface area contributed by atoms with E-state index in [9.17, 15) is 9.18 Å². The van der Waals surface area contributed by atoms with Gasteiger partial charge in [-0.1, -0.05) is 0 Å². The van der Waals surface area contributed by atoms with E-state index in [1.807, 2.05) is 0 Å². The van der Waals surface area contributed by atoms with Crippen LogP contribution in [0, 0.1) is 5.82 Å². The quantitative estimate of drug-likeness (QED) is 0.453. The summed E-state index contributed by atoms with van der Waals surface area (Å²) >= 11 is 0. The molecular formula is C7H7FN2O2. The third kappa shape index (κ3) is 1.51. The Morgan fingerprint density at radius 1 is 1.58 bits per heavy atom. The van der Waals surface area contributed by atoms with Crippen LogP contribution in [0.25, 0.3) is 0 Å². The van der Waals surface area contributed by atoms with E-state index in [1.165, 1.54) is 6.07 Å². The highest BCUT2D eigenvalue weighted by Gasteiger charge is 2.09. The second-order valence-electron chi connectivity index (χ2n) is 2.14. The molecule has 1 rings (SSSR count). The average molecular weight is 170 g/mol. The van der Waals surface area contributed by atoms with Crippen LogP contribution in [0.15, 0.2) is 18.2 Å². The number of benzene rings is 1. The Kier molecular flexibility index (Phi) is 2.25. The average Bonchev–Trinajstić information content (AvgIpc) is 2.04. The van der Waals surface area contributed by atoms with E-state index < -0.39 is 11.8 Å². The third-order valence-electron chi connectivity index (χ3n) is 1.37. The molecular weight excluding hydrogens is 163 g/mol. The van der Waals surface area contributed by atoms with Gasteiger partial charge in [-0.15, -0.1) is 0 Å². The first-order chi connectivity index (χ1) is 5.65. The highest BCUT2D eigenvalue weighted by molar-refractivity contribution is 5.94. The summed E-state index contributed by atoms with van der Waals surface area (Å²) in [5, 5.41) is 8.56. The molecule has 0 aromatic heterocycles. The largest absolute Gasteiger partial charge is 0.478 e. The van der Waals surface area contributed by atoms with Gasteiger partial charge in [-0.3, -0.25) is 5.84 Å². The van der Waals surface area contributed by atoms with Crippen LogP contribution in [-0.4, -0.2) is 11.1 Å². The van der Waals surface area contributed by atoms with Gasteiger partial charge in [0.1, 0.15) is 5.82 Å². The predicted molar refractivity (Wildman–Crippen MR) is 41.2 cm³/mol. The molecule has 0 aliphatic rings. The summed E-state index contributed by atoms with van der Waals surface area (Å²) < 4.78 is 12.5. The van der Waals surface area contributed by atoms with E-state index in [1.54, 1.807) is 0 Å². The first-order valence-electron chi connectivity index (χ1n) is 3.14. The molecule has 1 aromatic carbocycles. The van der Waals surface area contributed by atoms with Crippen molar-refractivity contribution >= 4 is 11.7 Å². The van der Waals surface area contributed by atoms with Crippen molar-refractivity contribution in [2.75, 3.05) is 5.43 Å². The Hall–Kier alpha value is -1.62. The van der Waals surface area contributed by atoms with Crippen LogP contribution in [0.2, 0.25) is 0 Å². The summed E-state index contributed by atoms with van der Waals surface area (Å²) in [5.41, 5.74) is 2.16. The van der Waals surface area contributed by atoms with Crippen molar-refractivity contribution in [1.82, 2.24) is 0 Å². The van der Waals surface area contributed by atoms with Crippen molar-refractivity contribution in [2.24, 2.45) is 5.84 Å². The van der Waals surface area contributed by atoms with Crippen molar-refractivity contribution < 1.29 is 14.3 Å². The number of carboxylic acids is 1. The van der Waals surface area contributed by atoms with Gasteiger partial charge in [-0.05, 0) is 18.2 Å². The molecule has 0 heterocycles. The maximum atomic E-state index is 12.5. The van der Waals surface area contributed by atoms with Crippen LogP contribution in [0.3, 0.4) is 0 Å². The Labute approximate surface area is 67.8 Å². The summed E-state index contributed by atoms with van der Waals surface area (Å²) in [6, 6.07) is 3.29. The van der Waals surface area contributed by atoms with E-state index >= 15 is 0 Å². The fourth-order valence-corrected chi connectivity index (χ4v) is 0.819. The van der Waals surface area contributed by atoms with Crippen molar-refractivity contribution in [3.05, 3.63) is 29.6 Å². The van der Waals surface area contributed by atoms with E-state index in [4.69, 9.17) is 10.9 Å². The highest BCUT2D eigenvalue weighted by Crippen LogP contribution is 2.15. The zero-order chi connectivity index (χ0) is 9.14. The summed E-state index contributed by atoms with van der Waals surface area (Å²) in [6.45, 7) is 0. The lowest BCUT2D eigenvalue weighted by molar-refractivity contribution is 0.0697. The number of nitrogen functional groups attached to an aromatic ring is 1. The standard InChI is InChI=1S/C7H7FN2O2/c8-4-1-2-6(10-9)5(3-4)7(11)12/h1-3,10H,9H2,(H,11,12). The zero-order valence-corrected chi connectivity index (χ0v) is 6.04. The molecule has 0 amide bonds. The lowest BCUT2D eigenvalue weighted by atomic mass is 10.2. The molecule has 0 fully saturated rings. The number of carbonyl (C=O) groups is 1. The normalized spacial score (nSPS) is 9.50. The van der Waals surface area contributed by atoms with Gasteiger partial charge in [0.05, 0.1) is 11.3 Å². The molecule has 4 nitrogen and oxygen atoms in total. The number of hydrogen-bond donors (Lipinski definition) is 3. The minimum atomic E-state index is -1.22. The van der Waals surface area contributed by atoms with Gasteiger partial charge in [0.15, 0.2) is 0 Å². The minimum Gasteiger partial charge on any atom is -0.478 e. The second-order valence-corrected chi connectivity index (χ2v) is 2.14. The van der Waals surface area contributed by atoms with E-state index in [0.29, 0.717) is 0 Å². The molecule has 12 heavy (non-hydrogen) atoms. The molecule has 1 aromatic rings. The van der Waals surface area contributed by atoms with Gasteiger partial charge in [-0.25, -0.2) is 9.18 Å². The first kappa shape index (κ1) is 8.48. The lowest BCUT2D eigenvalue weighted by Crippen LogP contribution is -2.11. The van der Waals surface area contributed by atoms with Gasteiger partial charge in [0, 0.05) is 0 Å². The predicted octanol–water partition coefficient (Wildman–Crippen LogP) is 0.810. The minimum absolute atomic E-state index is 0.183. The van der Waals surface area contributed by atoms with Gasteiger partial charge in [-0.2, -0.15) is 0 Å². The molecule has 0 atom stereocenters. The van der Waals surface area contributed by atoms with Crippen molar-refractivity contribution in [3.8, 4) is 0 Å². The summed E-state index contributed by atoms with van der Waals surface area (Å²) in [6.07, 6.45) is 0. The monoisotopic (exact) mass is 170 g/mol. The summed E-state index contributed by atoms with van der Waals surface area (Å²) in [4.78, 5) is 10.5. The molecule has 0 aliphatic carbocycles. The van der Waals surface area contributed by atoms with Crippen LogP contribution in [0.4, 0.5) is 10.1 Å². The van der Waals surface area contributed by atoms with Crippen LogP contribution in [-0.2, 0) is 0 Å². The van der Waals surface area contributed by atoms with Crippen molar-refractivity contribution in [2.45, 2.75) is 0 Å². The number of rotatable bonds is 2. The number of carboxylic acid groups (broad SMARTS) is 1. The van der Waals surface area contributed by atoms with Crippen LogP contribution in [0.1, 0.15) is 10.4 Å². The molecule has 0 spiro atoms. The molecule has 0 saturated carbocycles. The van der Waals surface area contributed by atoms with Crippen molar-refractivity contribution in [3.63, 3.8) is 0 Å². The van der Waals surface area contributed by atoms with Crippen molar-refractivity contribution in [1.29, 1.82) is 0 Å². The van der Waals surface area contributed by atoms with Gasteiger partial charge >= 0.3 is 5.97 Å². The number of hydrogen-bond acceptors (Lipinski definition) is 3. The number of hydrazine groups is 1. The summed E-state index contributed by atoms with van der Waals surface area (Å²) in [7, 11) is 0. The lowest BCUT2D eigenvalue weighted by Gasteiger charge is -2.03. The van der Waals surface area contributed by atoms with Gasteiger partial charge < -0.3 is 10.5 Å². The smallest absolute Gasteiger partial charge is 0.337 e. The third-order valence-corrected chi connectivity index (χ3v) is 1.37. The number of nitrogens with one attached hydrogen (secondary N) is 1. The van der Waals surface area contributed by atoms with E-state index in [2.05, 4.69) is 5.43 Å². The number of nitrogens with two attached hydrogens (primary N) is 1. The molecule has 4 N–H and O–H groups in total. The summed E-state index contributed by atoms with van der Waals surface area (Å²) in [5.74, 6) is 3.18. The Bertz CT molecular complexity index is 314. The Morgan fingerprint density at radius 3 is 2.75 bits per heavy atom. The molecule has 0 unspecified atom stereocenters. The topological polar surface area (TPSA) is 75.3 Å². The molecule has 0 radical (unpaired) electrons. The fraction of sp³-hybridized carbons (Fsp3) is 0. The van der Waals surface area contributed by atoms with Crippen LogP contribution < -0.4 is 11.3 Å². The number of aromatic carboxylic acids is 1. The maximum absolute atomic E-state index is 12.5. The maximum Gasteiger partial charge on any atom is 0.337 e. The number of halogens is 1. The molecule has 0 aliphatic heterocycles. The SMILES string of the molecule is NNc1ccc(F)cc1C(=O)O. The first-order valence-corrected chi connectivity index (χ1v) is 3.14. The van der Waals surface area contributed by atoms with Crippen LogP contribution in [0.5, 0.6) is 0 Å². The van der Waals surface area contributed by atoms with Crippen LogP contribution >= 0.6 is 0 Å². The Balaban J connectivity index is 3.21. The zero-order valence-electron chi connectivity index (χ0n) is 6.04. The molecule has 5 heteroatoms. The molecule has 64 valence electrons. The number of anilines is 1. The van der Waals surface area contributed by atoms with E-state index in [-0.39, 0.29) is 11.3 Å². The highest BCUT2D eigenvalue weighted by atomic mass is 19.1. The van der Waals surface area contributed by atoms with Gasteiger partial charge in [0.2, 0.25) is 0 Å². The van der Waals surface area contributed by atoms with Gasteiger partial charge in [0.25, 0.3) is 0 Å². The second kappa shape index (κ2) is 3.19. The Morgan fingerprint density at radius 2 is 2.25 bits per heavy atom. The van der Waals surface area contributed by atoms with E-state index in [0.717, 1.165) is 12.1 Å². The fourth-order valence-electron chi connectivity index (χ4n) is 0.819.